The van der Waals surface area contributed by atoms with Gasteiger partial charge in [0.1, 0.15) is 11.4 Å². The van der Waals surface area contributed by atoms with Crippen LogP contribution in [0, 0.1) is 0 Å². The number of unbranched alkanes of at least 4 members (excludes halogenated alkanes) is 8. The van der Waals surface area contributed by atoms with Crippen molar-refractivity contribution in [2.24, 2.45) is 5.10 Å². The van der Waals surface area contributed by atoms with Crippen molar-refractivity contribution in [3.8, 4) is 23.0 Å². The summed E-state index contributed by atoms with van der Waals surface area (Å²) in [5, 5.41) is 34.2. The molecule has 0 saturated carbocycles. The standard InChI is InChI=1S/C24H32N2O4/c1-2-3-4-5-6-7-8-9-10-11-19-22(29)21(28)16-20-23(19)30-24(26-25-20)17-12-14-18(27)15-13-17/h12-16,25,27-29H,2-11H2,1H3. The number of nitrogens with one attached hydrogen (secondary N) is 1. The number of hydrazone groups is 1. The second-order valence-corrected chi connectivity index (χ2v) is 7.86. The van der Waals surface area contributed by atoms with Crippen molar-refractivity contribution in [2.45, 2.75) is 71.1 Å². The fourth-order valence-electron chi connectivity index (χ4n) is 3.70. The Bertz CT molecular complexity index is 862. The minimum absolute atomic E-state index is 0.137. The molecule has 0 bridgehead atoms. The highest BCUT2D eigenvalue weighted by Crippen LogP contribution is 2.44. The van der Waals surface area contributed by atoms with E-state index in [-0.39, 0.29) is 17.2 Å². The van der Waals surface area contributed by atoms with Gasteiger partial charge in [-0.3, -0.25) is 5.43 Å². The predicted octanol–water partition coefficient (Wildman–Crippen LogP) is 6.04. The van der Waals surface area contributed by atoms with E-state index in [0.29, 0.717) is 34.9 Å². The van der Waals surface area contributed by atoms with Gasteiger partial charge in [-0.25, -0.2) is 0 Å². The van der Waals surface area contributed by atoms with Crippen LogP contribution in [-0.2, 0) is 6.42 Å². The predicted molar refractivity (Wildman–Crippen MR) is 120 cm³/mol. The third-order valence-electron chi connectivity index (χ3n) is 5.45. The Morgan fingerprint density at radius 3 is 2.17 bits per heavy atom. The number of aromatic hydroxyl groups is 3. The van der Waals surface area contributed by atoms with Crippen molar-refractivity contribution >= 4 is 11.6 Å². The molecule has 30 heavy (non-hydrogen) atoms. The summed E-state index contributed by atoms with van der Waals surface area (Å²) < 4.78 is 5.99. The number of nitrogens with zero attached hydrogens (tertiary/aromatic N) is 1. The van der Waals surface area contributed by atoms with Crippen molar-refractivity contribution in [2.75, 3.05) is 5.43 Å². The van der Waals surface area contributed by atoms with Crippen molar-refractivity contribution < 1.29 is 20.1 Å². The van der Waals surface area contributed by atoms with Crippen molar-refractivity contribution in [3.05, 3.63) is 41.5 Å². The molecule has 1 aliphatic rings. The van der Waals surface area contributed by atoms with E-state index in [0.717, 1.165) is 12.8 Å². The molecule has 0 atom stereocenters. The van der Waals surface area contributed by atoms with Crippen LogP contribution in [0.2, 0.25) is 0 Å². The lowest BCUT2D eigenvalue weighted by atomic mass is 10.0. The number of benzene rings is 2. The fourth-order valence-corrected chi connectivity index (χ4v) is 3.70. The molecule has 1 aliphatic heterocycles. The van der Waals surface area contributed by atoms with Gasteiger partial charge in [-0.05, 0) is 37.1 Å². The number of hydrogen-bond donors (Lipinski definition) is 4. The van der Waals surface area contributed by atoms with E-state index in [1.54, 1.807) is 24.3 Å². The summed E-state index contributed by atoms with van der Waals surface area (Å²) in [6.45, 7) is 2.23. The maximum atomic E-state index is 10.4. The van der Waals surface area contributed by atoms with Crippen LogP contribution in [0.4, 0.5) is 5.69 Å². The average molecular weight is 413 g/mol. The Kier molecular flexibility index (Phi) is 7.82. The van der Waals surface area contributed by atoms with Crippen LogP contribution >= 0.6 is 0 Å². The Hall–Kier alpha value is -2.89. The molecule has 6 nitrogen and oxygen atoms in total. The van der Waals surface area contributed by atoms with E-state index in [9.17, 15) is 15.3 Å². The second kappa shape index (κ2) is 10.8. The molecule has 0 radical (unpaired) electrons. The lowest BCUT2D eigenvalue weighted by molar-refractivity contribution is 0.393. The van der Waals surface area contributed by atoms with Crippen LogP contribution in [-0.4, -0.2) is 21.2 Å². The summed E-state index contributed by atoms with van der Waals surface area (Å²) >= 11 is 0. The number of ether oxygens (including phenoxy) is 1. The lowest BCUT2D eigenvalue weighted by Crippen LogP contribution is -2.19. The van der Waals surface area contributed by atoms with E-state index in [1.807, 2.05) is 0 Å². The minimum Gasteiger partial charge on any atom is -0.508 e. The molecular weight excluding hydrogens is 380 g/mol. The molecule has 0 aliphatic carbocycles. The Morgan fingerprint density at radius 2 is 1.50 bits per heavy atom. The molecule has 0 amide bonds. The number of phenols is 3. The number of fused-ring (bicyclic) bond motifs is 1. The molecule has 0 fully saturated rings. The highest BCUT2D eigenvalue weighted by atomic mass is 16.5. The van der Waals surface area contributed by atoms with Crippen LogP contribution in [0.5, 0.6) is 23.0 Å². The third kappa shape index (κ3) is 5.59. The smallest absolute Gasteiger partial charge is 0.243 e. The summed E-state index contributed by atoms with van der Waals surface area (Å²) in [5.41, 5.74) is 4.72. The monoisotopic (exact) mass is 412 g/mol. The molecule has 0 unspecified atom stereocenters. The minimum atomic E-state index is -0.181. The maximum absolute atomic E-state index is 10.4. The first kappa shape index (κ1) is 21.8. The summed E-state index contributed by atoms with van der Waals surface area (Å²) in [7, 11) is 0. The summed E-state index contributed by atoms with van der Waals surface area (Å²) in [6, 6.07) is 7.96. The van der Waals surface area contributed by atoms with Gasteiger partial charge in [-0.15, -0.1) is 5.10 Å². The molecule has 0 spiro atoms. The molecular formula is C24H32N2O4. The molecule has 4 N–H and O–H groups in total. The maximum Gasteiger partial charge on any atom is 0.243 e. The van der Waals surface area contributed by atoms with Gasteiger partial charge in [0.05, 0.1) is 0 Å². The van der Waals surface area contributed by atoms with E-state index < -0.39 is 0 Å². The Morgan fingerprint density at radius 1 is 0.867 bits per heavy atom. The van der Waals surface area contributed by atoms with Gasteiger partial charge in [0.25, 0.3) is 0 Å². The summed E-state index contributed by atoms with van der Waals surface area (Å²) in [6.07, 6.45) is 11.5. The number of hydrogen-bond acceptors (Lipinski definition) is 6. The molecule has 2 aromatic rings. The van der Waals surface area contributed by atoms with E-state index in [1.165, 1.54) is 51.0 Å². The highest BCUT2D eigenvalue weighted by Gasteiger charge is 2.24. The zero-order valence-corrected chi connectivity index (χ0v) is 17.7. The van der Waals surface area contributed by atoms with Gasteiger partial charge >= 0.3 is 0 Å². The lowest BCUT2D eigenvalue weighted by Gasteiger charge is -2.22. The zero-order valence-electron chi connectivity index (χ0n) is 17.7. The summed E-state index contributed by atoms with van der Waals surface area (Å²) in [5.74, 6) is 0.683. The third-order valence-corrected chi connectivity index (χ3v) is 5.45. The molecule has 162 valence electrons. The van der Waals surface area contributed by atoms with Gasteiger partial charge in [0.2, 0.25) is 5.90 Å². The first-order valence-electron chi connectivity index (χ1n) is 11.0. The van der Waals surface area contributed by atoms with Crippen LogP contribution in [0.3, 0.4) is 0 Å². The molecule has 0 saturated heterocycles. The highest BCUT2D eigenvalue weighted by molar-refractivity contribution is 5.98. The topological polar surface area (TPSA) is 94.3 Å². The molecule has 6 heteroatoms. The quantitative estimate of drug-likeness (QED) is 0.205. The van der Waals surface area contributed by atoms with Crippen molar-refractivity contribution in [1.29, 1.82) is 0 Å². The van der Waals surface area contributed by atoms with E-state index in [4.69, 9.17) is 4.74 Å². The van der Waals surface area contributed by atoms with Crippen molar-refractivity contribution in [1.82, 2.24) is 0 Å². The fraction of sp³-hybridized carbons (Fsp3) is 0.458. The molecule has 0 aromatic heterocycles. The molecule has 2 aromatic carbocycles. The zero-order chi connectivity index (χ0) is 21.3. The van der Waals surface area contributed by atoms with Gasteiger partial charge < -0.3 is 20.1 Å². The molecule has 3 rings (SSSR count). The van der Waals surface area contributed by atoms with Gasteiger partial charge in [0.15, 0.2) is 17.2 Å². The van der Waals surface area contributed by atoms with Crippen molar-refractivity contribution in [3.63, 3.8) is 0 Å². The van der Waals surface area contributed by atoms with Crippen LogP contribution in [0.1, 0.15) is 75.8 Å². The number of rotatable bonds is 11. The Labute approximate surface area is 178 Å². The van der Waals surface area contributed by atoms with Crippen LogP contribution in [0.15, 0.2) is 35.4 Å². The first-order chi connectivity index (χ1) is 14.6. The second-order valence-electron chi connectivity index (χ2n) is 7.86. The first-order valence-corrected chi connectivity index (χ1v) is 11.0. The molecule has 1 heterocycles. The average Bonchev–Trinajstić information content (AvgIpc) is 2.75. The van der Waals surface area contributed by atoms with Crippen LogP contribution in [0.25, 0.3) is 0 Å². The van der Waals surface area contributed by atoms with E-state index in [2.05, 4.69) is 17.5 Å². The van der Waals surface area contributed by atoms with Gasteiger partial charge in [-0.2, -0.15) is 0 Å². The Balaban J connectivity index is 1.60. The van der Waals surface area contributed by atoms with Gasteiger partial charge in [0, 0.05) is 17.2 Å². The summed E-state index contributed by atoms with van der Waals surface area (Å²) in [4.78, 5) is 0. The van der Waals surface area contributed by atoms with Gasteiger partial charge in [-0.1, -0.05) is 58.3 Å². The SMILES string of the molecule is CCCCCCCCCCCc1c(O)c(O)cc2c1OC(c1ccc(O)cc1)=NN2. The largest absolute Gasteiger partial charge is 0.508 e. The normalized spacial score (nSPS) is 12.6. The number of anilines is 1. The van der Waals surface area contributed by atoms with E-state index >= 15 is 0 Å². The van der Waals surface area contributed by atoms with Crippen LogP contribution < -0.4 is 10.2 Å². The number of phenolic OH excluding ortho intramolecular Hbond substituents is 3.